The Labute approximate surface area is 68.9 Å². The number of pyridine rings is 1. The Bertz CT molecular complexity index is 300. The Kier molecular flexibility index (Phi) is 2.19. The van der Waals surface area contributed by atoms with Crippen molar-refractivity contribution >= 4 is 11.8 Å². The minimum absolute atomic E-state index is 0.0509. The van der Waals surface area contributed by atoms with Crippen molar-refractivity contribution in [3.63, 3.8) is 0 Å². The third-order valence-electron chi connectivity index (χ3n) is 1.43. The molecule has 0 unspecified atom stereocenters. The van der Waals surface area contributed by atoms with Crippen molar-refractivity contribution in [1.82, 2.24) is 4.98 Å². The Morgan fingerprint density at radius 1 is 1.42 bits per heavy atom. The van der Waals surface area contributed by atoms with Gasteiger partial charge in [-0.25, -0.2) is 4.79 Å². The Hall–Kier alpha value is -1.71. The summed E-state index contributed by atoms with van der Waals surface area (Å²) in [4.78, 5) is 25.0. The summed E-state index contributed by atoms with van der Waals surface area (Å²) < 4.78 is 0. The van der Waals surface area contributed by atoms with Gasteiger partial charge in [-0.1, -0.05) is 0 Å². The molecule has 1 heterocycles. The molecule has 1 N–H and O–H groups in total. The number of rotatable bonds is 2. The molecule has 0 aliphatic heterocycles. The van der Waals surface area contributed by atoms with E-state index in [4.69, 9.17) is 5.11 Å². The monoisotopic (exact) mass is 165 g/mol. The van der Waals surface area contributed by atoms with Gasteiger partial charge in [0.05, 0.1) is 5.56 Å². The zero-order chi connectivity index (χ0) is 9.14. The average Bonchev–Trinajstić information content (AvgIpc) is 2.04. The number of aromatic carboxylic acids is 1. The zero-order valence-corrected chi connectivity index (χ0v) is 6.44. The number of carboxylic acid groups (broad SMARTS) is 1. The van der Waals surface area contributed by atoms with Crippen LogP contribution in [0.5, 0.6) is 0 Å². The maximum Gasteiger partial charge on any atom is 0.338 e. The molecule has 0 aliphatic rings. The van der Waals surface area contributed by atoms with Crippen molar-refractivity contribution in [3.05, 3.63) is 29.6 Å². The van der Waals surface area contributed by atoms with E-state index >= 15 is 0 Å². The van der Waals surface area contributed by atoms with E-state index in [9.17, 15) is 9.59 Å². The van der Waals surface area contributed by atoms with Gasteiger partial charge in [-0.3, -0.25) is 9.78 Å². The number of hydrogen-bond acceptors (Lipinski definition) is 3. The van der Waals surface area contributed by atoms with Crippen LogP contribution in [0.4, 0.5) is 0 Å². The lowest BCUT2D eigenvalue weighted by Crippen LogP contribution is -2.06. The van der Waals surface area contributed by atoms with Crippen LogP contribution in [-0.2, 0) is 0 Å². The zero-order valence-electron chi connectivity index (χ0n) is 6.44. The average molecular weight is 165 g/mol. The van der Waals surface area contributed by atoms with Gasteiger partial charge in [-0.2, -0.15) is 0 Å². The highest BCUT2D eigenvalue weighted by Crippen LogP contribution is 2.06. The smallest absolute Gasteiger partial charge is 0.338 e. The van der Waals surface area contributed by atoms with Gasteiger partial charge in [-0.05, 0) is 13.0 Å². The highest BCUT2D eigenvalue weighted by molar-refractivity contribution is 6.04. The fourth-order valence-corrected chi connectivity index (χ4v) is 0.872. The third-order valence-corrected chi connectivity index (χ3v) is 1.43. The van der Waals surface area contributed by atoms with E-state index in [1.165, 1.54) is 25.4 Å². The van der Waals surface area contributed by atoms with Crippen molar-refractivity contribution in [2.24, 2.45) is 0 Å². The van der Waals surface area contributed by atoms with Crippen molar-refractivity contribution in [1.29, 1.82) is 0 Å². The molecule has 0 saturated carbocycles. The molecule has 0 saturated heterocycles. The van der Waals surface area contributed by atoms with E-state index in [-0.39, 0.29) is 16.9 Å². The SMILES string of the molecule is CC(=O)c1ccncc1C(=O)O. The lowest BCUT2D eigenvalue weighted by molar-refractivity contribution is 0.0692. The van der Waals surface area contributed by atoms with Crippen molar-refractivity contribution in [2.45, 2.75) is 6.92 Å². The molecule has 0 aromatic carbocycles. The highest BCUT2D eigenvalue weighted by atomic mass is 16.4. The van der Waals surface area contributed by atoms with Crippen LogP contribution in [0, 0.1) is 0 Å². The molecular weight excluding hydrogens is 158 g/mol. The molecule has 0 aliphatic carbocycles. The molecule has 0 spiro atoms. The first kappa shape index (κ1) is 8.39. The van der Waals surface area contributed by atoms with Crippen LogP contribution in [-0.4, -0.2) is 21.8 Å². The number of Topliss-reactive ketones (excluding diaryl/α,β-unsaturated/α-hetero) is 1. The van der Waals surface area contributed by atoms with Crippen LogP contribution in [0.2, 0.25) is 0 Å². The highest BCUT2D eigenvalue weighted by Gasteiger charge is 2.12. The second-order valence-electron chi connectivity index (χ2n) is 2.28. The predicted molar refractivity (Wildman–Crippen MR) is 41.2 cm³/mol. The summed E-state index contributed by atoms with van der Waals surface area (Å²) in [5.74, 6) is -1.40. The van der Waals surface area contributed by atoms with Gasteiger partial charge in [0.15, 0.2) is 5.78 Å². The molecule has 1 aromatic rings. The van der Waals surface area contributed by atoms with E-state index in [1.807, 2.05) is 0 Å². The van der Waals surface area contributed by atoms with Crippen LogP contribution in [0.3, 0.4) is 0 Å². The van der Waals surface area contributed by atoms with E-state index in [2.05, 4.69) is 4.98 Å². The Balaban J connectivity index is 3.27. The minimum Gasteiger partial charge on any atom is -0.478 e. The van der Waals surface area contributed by atoms with Gasteiger partial charge < -0.3 is 5.11 Å². The molecular formula is C8H7NO3. The topological polar surface area (TPSA) is 67.3 Å². The molecule has 0 bridgehead atoms. The van der Waals surface area contributed by atoms with E-state index < -0.39 is 5.97 Å². The molecule has 12 heavy (non-hydrogen) atoms. The Morgan fingerprint density at radius 3 is 2.50 bits per heavy atom. The number of carbonyl (C=O) groups is 2. The number of carboxylic acids is 1. The van der Waals surface area contributed by atoms with Crippen LogP contribution in [0.25, 0.3) is 0 Å². The second-order valence-corrected chi connectivity index (χ2v) is 2.28. The number of hydrogen-bond donors (Lipinski definition) is 1. The Morgan fingerprint density at radius 2 is 2.08 bits per heavy atom. The van der Waals surface area contributed by atoms with Gasteiger partial charge in [-0.15, -0.1) is 0 Å². The maximum atomic E-state index is 10.9. The molecule has 0 atom stereocenters. The molecule has 0 radical (unpaired) electrons. The number of aromatic nitrogens is 1. The van der Waals surface area contributed by atoms with Crippen LogP contribution < -0.4 is 0 Å². The fourth-order valence-electron chi connectivity index (χ4n) is 0.872. The summed E-state index contributed by atoms with van der Waals surface area (Å²) in [5.41, 5.74) is 0.141. The first-order valence-corrected chi connectivity index (χ1v) is 3.31. The van der Waals surface area contributed by atoms with Gasteiger partial charge >= 0.3 is 5.97 Å². The van der Waals surface area contributed by atoms with Crippen molar-refractivity contribution in [2.75, 3.05) is 0 Å². The van der Waals surface area contributed by atoms with Gasteiger partial charge in [0.1, 0.15) is 0 Å². The lowest BCUT2D eigenvalue weighted by Gasteiger charge is -1.98. The third kappa shape index (κ3) is 1.47. The van der Waals surface area contributed by atoms with Crippen LogP contribution >= 0.6 is 0 Å². The van der Waals surface area contributed by atoms with Crippen LogP contribution in [0.15, 0.2) is 18.5 Å². The molecule has 0 fully saturated rings. The van der Waals surface area contributed by atoms with Crippen LogP contribution in [0.1, 0.15) is 27.6 Å². The van der Waals surface area contributed by atoms with E-state index in [0.717, 1.165) is 0 Å². The summed E-state index contributed by atoms with van der Waals surface area (Å²) in [5, 5.41) is 8.62. The molecule has 62 valence electrons. The summed E-state index contributed by atoms with van der Waals surface area (Å²) in [6.07, 6.45) is 2.56. The first-order chi connectivity index (χ1) is 5.63. The normalized spacial score (nSPS) is 9.42. The summed E-state index contributed by atoms with van der Waals surface area (Å²) >= 11 is 0. The van der Waals surface area contributed by atoms with Gasteiger partial charge in [0, 0.05) is 18.0 Å². The fraction of sp³-hybridized carbons (Fsp3) is 0.125. The predicted octanol–water partition coefficient (Wildman–Crippen LogP) is 0.982. The number of nitrogens with zero attached hydrogens (tertiary/aromatic N) is 1. The summed E-state index contributed by atoms with van der Waals surface area (Å²) in [6.45, 7) is 1.32. The quantitative estimate of drug-likeness (QED) is 0.663. The maximum absolute atomic E-state index is 10.9. The molecule has 4 heteroatoms. The summed E-state index contributed by atoms with van der Waals surface area (Å²) in [7, 11) is 0. The molecule has 0 amide bonds. The lowest BCUT2D eigenvalue weighted by atomic mass is 10.1. The summed E-state index contributed by atoms with van der Waals surface area (Å²) in [6, 6.07) is 1.39. The van der Waals surface area contributed by atoms with E-state index in [0.29, 0.717) is 0 Å². The van der Waals surface area contributed by atoms with Gasteiger partial charge in [0.2, 0.25) is 0 Å². The molecule has 1 aromatic heterocycles. The standard InChI is InChI=1S/C8H7NO3/c1-5(10)6-2-3-9-4-7(6)8(11)12/h2-4H,1H3,(H,11,12). The second kappa shape index (κ2) is 3.13. The van der Waals surface area contributed by atoms with Crippen molar-refractivity contribution in [3.8, 4) is 0 Å². The number of ketones is 1. The van der Waals surface area contributed by atoms with E-state index in [1.54, 1.807) is 0 Å². The number of carbonyl (C=O) groups excluding carboxylic acids is 1. The molecule has 1 rings (SSSR count). The van der Waals surface area contributed by atoms with Crippen molar-refractivity contribution < 1.29 is 14.7 Å². The minimum atomic E-state index is -1.13. The first-order valence-electron chi connectivity index (χ1n) is 3.31. The largest absolute Gasteiger partial charge is 0.478 e. The van der Waals surface area contributed by atoms with Gasteiger partial charge in [0.25, 0.3) is 0 Å². The molecule has 4 nitrogen and oxygen atoms in total.